The van der Waals surface area contributed by atoms with E-state index in [1.807, 2.05) is 48.5 Å². The quantitative estimate of drug-likeness (QED) is 0.711. The molecule has 0 saturated carbocycles. The lowest BCUT2D eigenvalue weighted by Gasteiger charge is -2.14. The maximum Gasteiger partial charge on any atom is 0.220 e. The van der Waals surface area contributed by atoms with Crippen molar-refractivity contribution in [2.75, 3.05) is 6.61 Å². The lowest BCUT2D eigenvalue weighted by Crippen LogP contribution is -2.32. The number of para-hydroxylation sites is 1. The molecule has 0 aliphatic carbocycles. The standard InChI is InChI=1S/C20H25NO2/c1-17(14-15-18-9-4-2-5-10-18)21-20(22)13-8-16-23-19-11-6-3-7-12-19/h2-7,9-12,17H,8,13-16H2,1H3,(H,21,22)/t17-/m0/s1. The van der Waals surface area contributed by atoms with E-state index in [4.69, 9.17) is 4.74 Å². The fourth-order valence-corrected chi connectivity index (χ4v) is 2.39. The van der Waals surface area contributed by atoms with Crippen LogP contribution in [0.15, 0.2) is 60.7 Å². The summed E-state index contributed by atoms with van der Waals surface area (Å²) in [6.07, 6.45) is 3.17. The van der Waals surface area contributed by atoms with Gasteiger partial charge in [0.15, 0.2) is 0 Å². The van der Waals surface area contributed by atoms with Crippen LogP contribution in [0.3, 0.4) is 0 Å². The lowest BCUT2D eigenvalue weighted by molar-refractivity contribution is -0.121. The Bertz CT molecular complexity index is 569. The van der Waals surface area contributed by atoms with E-state index in [1.165, 1.54) is 5.56 Å². The highest BCUT2D eigenvalue weighted by Crippen LogP contribution is 2.09. The zero-order valence-electron chi connectivity index (χ0n) is 13.7. The minimum absolute atomic E-state index is 0.0993. The van der Waals surface area contributed by atoms with Gasteiger partial charge in [-0.15, -0.1) is 0 Å². The number of amides is 1. The highest BCUT2D eigenvalue weighted by molar-refractivity contribution is 5.76. The van der Waals surface area contributed by atoms with Gasteiger partial charge < -0.3 is 10.1 Å². The predicted molar refractivity (Wildman–Crippen MR) is 93.5 cm³/mol. The van der Waals surface area contributed by atoms with Crippen molar-refractivity contribution in [3.8, 4) is 5.75 Å². The predicted octanol–water partition coefficient (Wildman–Crippen LogP) is 3.98. The Labute approximate surface area is 138 Å². The van der Waals surface area contributed by atoms with Gasteiger partial charge in [0.2, 0.25) is 5.91 Å². The minimum atomic E-state index is 0.0993. The van der Waals surface area contributed by atoms with Crippen LogP contribution < -0.4 is 10.1 Å². The Kier molecular flexibility index (Phi) is 7.18. The number of aryl methyl sites for hydroxylation is 1. The molecule has 0 unspecified atom stereocenters. The smallest absolute Gasteiger partial charge is 0.220 e. The lowest BCUT2D eigenvalue weighted by atomic mass is 10.1. The molecule has 0 radical (unpaired) electrons. The number of nitrogens with one attached hydrogen (secondary N) is 1. The molecule has 2 rings (SSSR count). The zero-order valence-corrected chi connectivity index (χ0v) is 13.7. The molecular formula is C20H25NO2. The van der Waals surface area contributed by atoms with E-state index in [9.17, 15) is 4.79 Å². The van der Waals surface area contributed by atoms with Gasteiger partial charge in [-0.1, -0.05) is 48.5 Å². The Balaban J connectivity index is 1.57. The van der Waals surface area contributed by atoms with Gasteiger partial charge in [0.1, 0.15) is 5.75 Å². The molecule has 122 valence electrons. The first-order chi connectivity index (χ1) is 11.2. The first-order valence-corrected chi connectivity index (χ1v) is 8.25. The summed E-state index contributed by atoms with van der Waals surface area (Å²) in [5.41, 5.74) is 1.31. The number of hydrogen-bond donors (Lipinski definition) is 1. The zero-order chi connectivity index (χ0) is 16.3. The van der Waals surface area contributed by atoms with Crippen molar-refractivity contribution in [2.45, 2.75) is 38.6 Å². The van der Waals surface area contributed by atoms with Crippen molar-refractivity contribution >= 4 is 5.91 Å². The number of carbonyl (C=O) groups is 1. The molecule has 0 aliphatic rings. The molecule has 2 aromatic carbocycles. The van der Waals surface area contributed by atoms with Crippen LogP contribution in [0.4, 0.5) is 0 Å². The molecule has 0 aromatic heterocycles. The molecular weight excluding hydrogens is 286 g/mol. The van der Waals surface area contributed by atoms with Gasteiger partial charge >= 0.3 is 0 Å². The van der Waals surface area contributed by atoms with Crippen molar-refractivity contribution in [1.29, 1.82) is 0 Å². The van der Waals surface area contributed by atoms with Crippen LogP contribution in [0, 0.1) is 0 Å². The van der Waals surface area contributed by atoms with E-state index >= 15 is 0 Å². The fraction of sp³-hybridized carbons (Fsp3) is 0.350. The monoisotopic (exact) mass is 311 g/mol. The molecule has 0 aliphatic heterocycles. The first kappa shape index (κ1) is 17.1. The van der Waals surface area contributed by atoms with Crippen LogP contribution >= 0.6 is 0 Å². The third-order valence-electron chi connectivity index (χ3n) is 3.68. The summed E-state index contributed by atoms with van der Waals surface area (Å²) in [6.45, 7) is 2.62. The summed E-state index contributed by atoms with van der Waals surface area (Å²) >= 11 is 0. The maximum atomic E-state index is 11.9. The van der Waals surface area contributed by atoms with Crippen molar-refractivity contribution in [2.24, 2.45) is 0 Å². The summed E-state index contributed by atoms with van der Waals surface area (Å²) in [6, 6.07) is 20.2. The minimum Gasteiger partial charge on any atom is -0.494 e. The summed E-state index contributed by atoms with van der Waals surface area (Å²) in [4.78, 5) is 11.9. The van der Waals surface area contributed by atoms with Gasteiger partial charge in [-0.3, -0.25) is 4.79 Å². The van der Waals surface area contributed by atoms with Crippen molar-refractivity contribution in [3.05, 3.63) is 66.2 Å². The molecule has 1 atom stereocenters. The molecule has 0 bridgehead atoms. The van der Waals surface area contributed by atoms with Gasteiger partial charge in [-0.25, -0.2) is 0 Å². The molecule has 0 spiro atoms. The van der Waals surface area contributed by atoms with Gasteiger partial charge in [0.05, 0.1) is 6.61 Å². The summed E-state index contributed by atoms with van der Waals surface area (Å²) in [7, 11) is 0. The van der Waals surface area contributed by atoms with Crippen LogP contribution in [0.2, 0.25) is 0 Å². The second-order valence-electron chi connectivity index (χ2n) is 5.76. The van der Waals surface area contributed by atoms with Crippen LogP contribution in [0.5, 0.6) is 5.75 Å². The van der Waals surface area contributed by atoms with Gasteiger partial charge in [0.25, 0.3) is 0 Å². The second kappa shape index (κ2) is 9.67. The molecule has 0 heterocycles. The van der Waals surface area contributed by atoms with Gasteiger partial charge in [-0.05, 0) is 43.9 Å². The van der Waals surface area contributed by atoms with E-state index in [-0.39, 0.29) is 11.9 Å². The van der Waals surface area contributed by atoms with Crippen molar-refractivity contribution in [3.63, 3.8) is 0 Å². The van der Waals surface area contributed by atoms with E-state index in [2.05, 4.69) is 24.4 Å². The Morgan fingerprint density at radius 2 is 1.70 bits per heavy atom. The number of carbonyl (C=O) groups excluding carboxylic acids is 1. The molecule has 3 nitrogen and oxygen atoms in total. The topological polar surface area (TPSA) is 38.3 Å². The van der Waals surface area contributed by atoms with E-state index < -0.39 is 0 Å². The van der Waals surface area contributed by atoms with Crippen LogP contribution in [0.25, 0.3) is 0 Å². The van der Waals surface area contributed by atoms with E-state index in [0.717, 1.165) is 25.0 Å². The van der Waals surface area contributed by atoms with E-state index in [1.54, 1.807) is 0 Å². The summed E-state index contributed by atoms with van der Waals surface area (Å²) in [5.74, 6) is 0.950. The molecule has 1 amide bonds. The van der Waals surface area contributed by atoms with Crippen LogP contribution in [-0.2, 0) is 11.2 Å². The molecule has 1 N–H and O–H groups in total. The van der Waals surface area contributed by atoms with Gasteiger partial charge in [0, 0.05) is 12.5 Å². The van der Waals surface area contributed by atoms with E-state index in [0.29, 0.717) is 13.0 Å². The maximum absolute atomic E-state index is 11.9. The highest BCUT2D eigenvalue weighted by atomic mass is 16.5. The summed E-state index contributed by atoms with van der Waals surface area (Å²) in [5, 5.41) is 3.05. The Morgan fingerprint density at radius 1 is 1.04 bits per heavy atom. The van der Waals surface area contributed by atoms with Crippen LogP contribution in [0.1, 0.15) is 31.7 Å². The largest absolute Gasteiger partial charge is 0.494 e. The average Bonchev–Trinajstić information content (AvgIpc) is 2.59. The average molecular weight is 311 g/mol. The highest BCUT2D eigenvalue weighted by Gasteiger charge is 2.07. The number of hydrogen-bond acceptors (Lipinski definition) is 2. The number of benzene rings is 2. The van der Waals surface area contributed by atoms with Crippen LogP contribution in [-0.4, -0.2) is 18.6 Å². The Hall–Kier alpha value is -2.29. The molecule has 23 heavy (non-hydrogen) atoms. The van der Waals surface area contributed by atoms with Crippen molar-refractivity contribution in [1.82, 2.24) is 5.32 Å². The normalized spacial score (nSPS) is 11.7. The molecule has 2 aromatic rings. The Morgan fingerprint density at radius 3 is 2.39 bits per heavy atom. The first-order valence-electron chi connectivity index (χ1n) is 8.25. The third kappa shape index (κ3) is 7.00. The SMILES string of the molecule is C[C@@H](CCc1ccccc1)NC(=O)CCCOc1ccccc1. The molecule has 0 fully saturated rings. The van der Waals surface area contributed by atoms with Gasteiger partial charge in [-0.2, -0.15) is 0 Å². The number of rotatable bonds is 9. The fourth-order valence-electron chi connectivity index (χ4n) is 2.39. The molecule has 0 saturated heterocycles. The summed E-state index contributed by atoms with van der Waals surface area (Å²) < 4.78 is 5.59. The molecule has 3 heteroatoms. The third-order valence-corrected chi connectivity index (χ3v) is 3.68. The second-order valence-corrected chi connectivity index (χ2v) is 5.76. The van der Waals surface area contributed by atoms with Crippen molar-refractivity contribution < 1.29 is 9.53 Å². The number of ether oxygens (including phenoxy) is 1.